The van der Waals surface area contributed by atoms with Crippen molar-refractivity contribution < 1.29 is 14.3 Å². The summed E-state index contributed by atoms with van der Waals surface area (Å²) in [5.41, 5.74) is 9.77. The van der Waals surface area contributed by atoms with Crippen molar-refractivity contribution in [3.63, 3.8) is 0 Å². The summed E-state index contributed by atoms with van der Waals surface area (Å²) in [5, 5.41) is 8.78. The smallest absolute Gasteiger partial charge is 0.336 e. The van der Waals surface area contributed by atoms with Gasteiger partial charge in [-0.1, -0.05) is 6.07 Å². The molecule has 1 rings (SSSR count). The van der Waals surface area contributed by atoms with Gasteiger partial charge in [0.25, 0.3) is 0 Å². The monoisotopic (exact) mass is 198 g/mol. The van der Waals surface area contributed by atoms with Crippen LogP contribution in [0, 0.1) is 5.82 Å². The zero-order valence-electron chi connectivity index (χ0n) is 7.62. The SMILES string of the molecule is CC(N)(N)c1ccc(F)cc1C(=O)O. The average Bonchev–Trinajstić information content (AvgIpc) is 2.01. The summed E-state index contributed by atoms with van der Waals surface area (Å²) in [6.07, 6.45) is 0. The highest BCUT2D eigenvalue weighted by molar-refractivity contribution is 5.89. The van der Waals surface area contributed by atoms with Crippen LogP contribution in [0.5, 0.6) is 0 Å². The fourth-order valence-corrected chi connectivity index (χ4v) is 1.16. The van der Waals surface area contributed by atoms with Gasteiger partial charge in [0.15, 0.2) is 0 Å². The lowest BCUT2D eigenvalue weighted by Gasteiger charge is -2.21. The Morgan fingerprint density at radius 2 is 2.07 bits per heavy atom. The lowest BCUT2D eigenvalue weighted by Crippen LogP contribution is -2.43. The standard InChI is InChI=1S/C9H11FN2O2/c1-9(11,12)7-3-2-5(10)4-6(7)8(13)14/h2-4H,11-12H2,1H3,(H,13,14). The first-order valence-electron chi connectivity index (χ1n) is 3.93. The summed E-state index contributed by atoms with van der Waals surface area (Å²) >= 11 is 0. The van der Waals surface area contributed by atoms with Crippen LogP contribution < -0.4 is 11.5 Å². The van der Waals surface area contributed by atoms with Gasteiger partial charge in [-0.25, -0.2) is 9.18 Å². The van der Waals surface area contributed by atoms with Gasteiger partial charge in [-0.2, -0.15) is 0 Å². The van der Waals surface area contributed by atoms with Crippen molar-refractivity contribution in [3.05, 3.63) is 35.1 Å². The first-order valence-corrected chi connectivity index (χ1v) is 3.93. The fraction of sp³-hybridized carbons (Fsp3) is 0.222. The van der Waals surface area contributed by atoms with Crippen molar-refractivity contribution in [1.29, 1.82) is 0 Å². The molecule has 0 heterocycles. The van der Waals surface area contributed by atoms with E-state index >= 15 is 0 Å². The first kappa shape index (κ1) is 10.6. The van der Waals surface area contributed by atoms with Gasteiger partial charge in [0.05, 0.1) is 11.2 Å². The number of hydrogen-bond acceptors (Lipinski definition) is 3. The molecule has 1 aromatic rings. The van der Waals surface area contributed by atoms with Crippen LogP contribution >= 0.6 is 0 Å². The molecule has 1 aromatic carbocycles. The summed E-state index contributed by atoms with van der Waals surface area (Å²) in [6, 6.07) is 3.30. The number of halogens is 1. The van der Waals surface area contributed by atoms with Crippen molar-refractivity contribution in [2.45, 2.75) is 12.6 Å². The second kappa shape index (κ2) is 3.36. The quantitative estimate of drug-likeness (QED) is 0.607. The molecule has 76 valence electrons. The lowest BCUT2D eigenvalue weighted by molar-refractivity contribution is 0.0693. The molecule has 0 spiro atoms. The maximum Gasteiger partial charge on any atom is 0.336 e. The number of nitrogens with two attached hydrogens (primary N) is 2. The van der Waals surface area contributed by atoms with E-state index in [0.717, 1.165) is 12.1 Å². The van der Waals surface area contributed by atoms with Gasteiger partial charge in [-0.3, -0.25) is 0 Å². The third kappa shape index (κ3) is 2.07. The Morgan fingerprint density at radius 1 is 1.50 bits per heavy atom. The van der Waals surface area contributed by atoms with E-state index in [-0.39, 0.29) is 11.1 Å². The molecule has 0 saturated carbocycles. The van der Waals surface area contributed by atoms with Crippen LogP contribution in [-0.2, 0) is 5.66 Å². The van der Waals surface area contributed by atoms with E-state index in [2.05, 4.69) is 0 Å². The summed E-state index contributed by atoms with van der Waals surface area (Å²) < 4.78 is 12.8. The molecular formula is C9H11FN2O2. The summed E-state index contributed by atoms with van der Waals surface area (Å²) in [7, 11) is 0. The first-order chi connectivity index (χ1) is 6.32. The van der Waals surface area contributed by atoms with E-state index in [1.165, 1.54) is 13.0 Å². The van der Waals surface area contributed by atoms with E-state index < -0.39 is 17.4 Å². The Bertz CT molecular complexity index is 372. The maximum atomic E-state index is 12.8. The summed E-state index contributed by atoms with van der Waals surface area (Å²) in [5.74, 6) is -1.88. The molecule has 0 atom stereocenters. The van der Waals surface area contributed by atoms with Crippen LogP contribution in [0.4, 0.5) is 4.39 Å². The van der Waals surface area contributed by atoms with Crippen LogP contribution in [0.3, 0.4) is 0 Å². The Labute approximate surface area is 80.3 Å². The van der Waals surface area contributed by atoms with Crippen LogP contribution in [-0.4, -0.2) is 11.1 Å². The highest BCUT2D eigenvalue weighted by atomic mass is 19.1. The average molecular weight is 198 g/mol. The van der Waals surface area contributed by atoms with Crippen molar-refractivity contribution in [1.82, 2.24) is 0 Å². The minimum atomic E-state index is -1.29. The molecular weight excluding hydrogens is 187 g/mol. The fourth-order valence-electron chi connectivity index (χ4n) is 1.16. The minimum Gasteiger partial charge on any atom is -0.478 e. The second-order valence-corrected chi connectivity index (χ2v) is 3.28. The summed E-state index contributed by atoms with van der Waals surface area (Å²) in [4.78, 5) is 10.7. The lowest BCUT2D eigenvalue weighted by atomic mass is 9.97. The van der Waals surface area contributed by atoms with E-state index in [1.54, 1.807) is 0 Å². The molecule has 0 bridgehead atoms. The van der Waals surface area contributed by atoms with Gasteiger partial charge in [-0.15, -0.1) is 0 Å². The third-order valence-corrected chi connectivity index (χ3v) is 1.79. The normalized spacial score (nSPS) is 11.4. The predicted octanol–water partition coefficient (Wildman–Crippen LogP) is 0.614. The molecule has 0 fully saturated rings. The number of aromatic carboxylic acids is 1. The maximum absolute atomic E-state index is 12.8. The highest BCUT2D eigenvalue weighted by Gasteiger charge is 2.22. The molecule has 0 radical (unpaired) electrons. The van der Waals surface area contributed by atoms with E-state index in [4.69, 9.17) is 16.6 Å². The highest BCUT2D eigenvalue weighted by Crippen LogP contribution is 2.18. The molecule has 5 heteroatoms. The van der Waals surface area contributed by atoms with E-state index in [1.807, 2.05) is 0 Å². The van der Waals surface area contributed by atoms with Crippen LogP contribution in [0.15, 0.2) is 18.2 Å². The van der Waals surface area contributed by atoms with Crippen LogP contribution in [0.25, 0.3) is 0 Å². The Morgan fingerprint density at radius 3 is 2.50 bits per heavy atom. The zero-order valence-corrected chi connectivity index (χ0v) is 7.62. The van der Waals surface area contributed by atoms with E-state index in [9.17, 15) is 9.18 Å². The van der Waals surface area contributed by atoms with Crippen molar-refractivity contribution in [2.24, 2.45) is 11.5 Å². The van der Waals surface area contributed by atoms with Crippen molar-refractivity contribution in [2.75, 3.05) is 0 Å². The molecule has 0 aliphatic carbocycles. The van der Waals surface area contributed by atoms with Gasteiger partial charge < -0.3 is 16.6 Å². The third-order valence-electron chi connectivity index (χ3n) is 1.79. The molecule has 0 unspecified atom stereocenters. The number of hydrogen-bond donors (Lipinski definition) is 3. The number of benzene rings is 1. The number of carboxylic acid groups (broad SMARTS) is 1. The molecule has 14 heavy (non-hydrogen) atoms. The van der Waals surface area contributed by atoms with Gasteiger partial charge in [0, 0.05) is 5.56 Å². The second-order valence-electron chi connectivity index (χ2n) is 3.28. The minimum absolute atomic E-state index is 0.200. The number of rotatable bonds is 2. The van der Waals surface area contributed by atoms with Crippen LogP contribution in [0.2, 0.25) is 0 Å². The number of carboxylic acids is 1. The molecule has 0 aliphatic heterocycles. The molecule has 0 amide bonds. The van der Waals surface area contributed by atoms with Gasteiger partial charge in [-0.05, 0) is 19.1 Å². The predicted molar refractivity (Wildman–Crippen MR) is 49.1 cm³/mol. The largest absolute Gasteiger partial charge is 0.478 e. The summed E-state index contributed by atoms with van der Waals surface area (Å²) in [6.45, 7) is 1.45. The topological polar surface area (TPSA) is 89.3 Å². The van der Waals surface area contributed by atoms with Crippen molar-refractivity contribution in [3.8, 4) is 0 Å². The van der Waals surface area contributed by atoms with Gasteiger partial charge in [0.2, 0.25) is 0 Å². The Balaban J connectivity index is 3.37. The van der Waals surface area contributed by atoms with Gasteiger partial charge >= 0.3 is 5.97 Å². The Kier molecular flexibility index (Phi) is 2.55. The van der Waals surface area contributed by atoms with E-state index in [0.29, 0.717) is 0 Å². The molecule has 0 saturated heterocycles. The molecule has 4 nitrogen and oxygen atoms in total. The Hall–Kier alpha value is -1.46. The zero-order chi connectivity index (χ0) is 10.9. The van der Waals surface area contributed by atoms with Crippen LogP contribution in [0.1, 0.15) is 22.8 Å². The molecule has 0 aliphatic rings. The molecule has 5 N–H and O–H groups in total. The van der Waals surface area contributed by atoms with Crippen molar-refractivity contribution >= 4 is 5.97 Å². The number of carbonyl (C=O) groups is 1. The van der Waals surface area contributed by atoms with Gasteiger partial charge in [0.1, 0.15) is 5.82 Å². The molecule has 0 aromatic heterocycles.